The van der Waals surface area contributed by atoms with Crippen molar-refractivity contribution in [3.63, 3.8) is 0 Å². The summed E-state index contributed by atoms with van der Waals surface area (Å²) in [5, 5.41) is 0. The van der Waals surface area contributed by atoms with E-state index in [9.17, 15) is 14.4 Å². The molecule has 0 amide bonds. The summed E-state index contributed by atoms with van der Waals surface area (Å²) >= 11 is 0. The normalized spacial score (nSPS) is 10.7. The molecule has 8 nitrogen and oxygen atoms in total. The zero-order valence-corrected chi connectivity index (χ0v) is 17.7. The molecule has 0 unspecified atom stereocenters. The number of aromatic amines is 1. The molecule has 0 aliphatic rings. The van der Waals surface area contributed by atoms with Gasteiger partial charge in [-0.05, 0) is 26.3 Å². The Labute approximate surface area is 179 Å². The number of nitrogens with zero attached hydrogens (tertiary/aromatic N) is 1. The van der Waals surface area contributed by atoms with Crippen LogP contribution < -0.4 is 0 Å². The Hall–Kier alpha value is -3.68. The minimum Gasteiger partial charge on any atom is -0.462 e. The minimum atomic E-state index is -0.542. The fourth-order valence-corrected chi connectivity index (χ4v) is 3.20. The molecule has 31 heavy (non-hydrogen) atoms. The second-order valence-electron chi connectivity index (χ2n) is 6.91. The number of Topliss-reactive ketones (excluding diaryl/α,β-unsaturated/α-hetero) is 1. The highest BCUT2D eigenvalue weighted by Gasteiger charge is 2.23. The van der Waals surface area contributed by atoms with Gasteiger partial charge in [-0.1, -0.05) is 30.3 Å². The summed E-state index contributed by atoms with van der Waals surface area (Å²) in [6, 6.07) is 9.51. The molecule has 2 aromatic heterocycles. The SMILES string of the molecule is CCOC(=O)c1c(C)[nH]c(C(=O)COC(=O)CCc2ncc(-c3ccccc3)o2)c1C. The van der Waals surface area contributed by atoms with Crippen LogP contribution in [0.3, 0.4) is 0 Å². The Bertz CT molecular complexity index is 1080. The van der Waals surface area contributed by atoms with Crippen molar-refractivity contribution in [1.82, 2.24) is 9.97 Å². The standard InChI is InChI=1S/C23H24N2O6/c1-4-29-23(28)21-14(2)22(25-15(21)3)17(26)13-30-20(27)11-10-19-24-12-18(31-19)16-8-6-5-7-9-16/h5-9,12,25H,4,10-11,13H2,1-3H3. The van der Waals surface area contributed by atoms with Gasteiger partial charge in [-0.25, -0.2) is 9.78 Å². The van der Waals surface area contributed by atoms with Gasteiger partial charge in [0, 0.05) is 17.7 Å². The van der Waals surface area contributed by atoms with Crippen LogP contribution in [0.25, 0.3) is 11.3 Å². The zero-order chi connectivity index (χ0) is 22.4. The Morgan fingerprint density at radius 1 is 1.10 bits per heavy atom. The maximum Gasteiger partial charge on any atom is 0.340 e. The third-order valence-electron chi connectivity index (χ3n) is 4.72. The van der Waals surface area contributed by atoms with Crippen molar-refractivity contribution in [1.29, 1.82) is 0 Å². The lowest BCUT2D eigenvalue weighted by Crippen LogP contribution is -2.16. The van der Waals surface area contributed by atoms with Crippen molar-refractivity contribution in [3.05, 3.63) is 64.9 Å². The van der Waals surface area contributed by atoms with Gasteiger partial charge in [-0.2, -0.15) is 0 Å². The monoisotopic (exact) mass is 424 g/mol. The quantitative estimate of drug-likeness (QED) is 0.410. The highest BCUT2D eigenvalue weighted by atomic mass is 16.5. The van der Waals surface area contributed by atoms with Gasteiger partial charge in [-0.3, -0.25) is 9.59 Å². The molecule has 3 aromatic rings. The lowest BCUT2D eigenvalue weighted by atomic mass is 10.1. The number of aryl methyl sites for hydroxylation is 2. The fraction of sp³-hybridized carbons (Fsp3) is 0.304. The summed E-state index contributed by atoms with van der Waals surface area (Å²) in [5.74, 6) is -0.428. The van der Waals surface area contributed by atoms with Crippen LogP contribution >= 0.6 is 0 Å². The van der Waals surface area contributed by atoms with Gasteiger partial charge in [0.15, 0.2) is 18.3 Å². The van der Waals surface area contributed by atoms with Gasteiger partial charge in [0.05, 0.1) is 30.5 Å². The van der Waals surface area contributed by atoms with Crippen LogP contribution in [0.4, 0.5) is 0 Å². The molecule has 0 saturated heterocycles. The number of ketones is 1. The molecule has 0 fully saturated rings. The molecule has 0 saturated carbocycles. The zero-order valence-electron chi connectivity index (χ0n) is 17.7. The average molecular weight is 424 g/mol. The molecule has 162 valence electrons. The maximum atomic E-state index is 12.5. The summed E-state index contributed by atoms with van der Waals surface area (Å²) in [7, 11) is 0. The molecular formula is C23H24N2O6. The van der Waals surface area contributed by atoms with Gasteiger partial charge in [0.1, 0.15) is 0 Å². The fourth-order valence-electron chi connectivity index (χ4n) is 3.20. The van der Waals surface area contributed by atoms with Gasteiger partial charge < -0.3 is 18.9 Å². The van der Waals surface area contributed by atoms with E-state index in [2.05, 4.69) is 9.97 Å². The molecule has 0 radical (unpaired) electrons. The Morgan fingerprint density at radius 2 is 1.84 bits per heavy atom. The summed E-state index contributed by atoms with van der Waals surface area (Å²) < 4.78 is 15.8. The number of oxazole rings is 1. The maximum absolute atomic E-state index is 12.5. The van der Waals surface area contributed by atoms with E-state index in [0.29, 0.717) is 28.5 Å². The third-order valence-corrected chi connectivity index (χ3v) is 4.72. The van der Waals surface area contributed by atoms with Crippen LogP contribution in [0.2, 0.25) is 0 Å². The number of H-pyrrole nitrogens is 1. The summed E-state index contributed by atoms with van der Waals surface area (Å²) in [5.41, 5.74) is 2.46. The first-order chi connectivity index (χ1) is 14.9. The van der Waals surface area contributed by atoms with Gasteiger partial charge in [-0.15, -0.1) is 0 Å². The molecule has 0 spiro atoms. The molecule has 3 rings (SSSR count). The van der Waals surface area contributed by atoms with E-state index in [0.717, 1.165) is 5.56 Å². The first-order valence-electron chi connectivity index (χ1n) is 9.96. The van der Waals surface area contributed by atoms with Crippen LogP contribution in [0.15, 0.2) is 40.9 Å². The molecule has 1 aromatic carbocycles. The number of esters is 2. The van der Waals surface area contributed by atoms with Crippen molar-refractivity contribution in [2.24, 2.45) is 0 Å². The van der Waals surface area contributed by atoms with Crippen LogP contribution in [-0.2, 0) is 20.7 Å². The Morgan fingerprint density at radius 3 is 2.55 bits per heavy atom. The second-order valence-corrected chi connectivity index (χ2v) is 6.91. The number of hydrogen-bond donors (Lipinski definition) is 1. The van der Waals surface area contributed by atoms with E-state index in [1.54, 1.807) is 27.0 Å². The Balaban J connectivity index is 1.52. The van der Waals surface area contributed by atoms with E-state index in [1.807, 2.05) is 30.3 Å². The molecule has 8 heteroatoms. The molecule has 0 bridgehead atoms. The van der Waals surface area contributed by atoms with Crippen molar-refractivity contribution in [2.75, 3.05) is 13.2 Å². The van der Waals surface area contributed by atoms with Gasteiger partial charge >= 0.3 is 11.9 Å². The molecule has 0 aliphatic carbocycles. The number of benzene rings is 1. The van der Waals surface area contributed by atoms with Crippen molar-refractivity contribution >= 4 is 17.7 Å². The van der Waals surface area contributed by atoms with E-state index >= 15 is 0 Å². The van der Waals surface area contributed by atoms with Crippen LogP contribution in [0.5, 0.6) is 0 Å². The van der Waals surface area contributed by atoms with Gasteiger partial charge in [0.2, 0.25) is 5.78 Å². The van der Waals surface area contributed by atoms with Crippen LogP contribution in [0.1, 0.15) is 51.3 Å². The molecule has 0 atom stereocenters. The van der Waals surface area contributed by atoms with E-state index in [-0.39, 0.29) is 25.1 Å². The average Bonchev–Trinajstić information content (AvgIpc) is 3.35. The van der Waals surface area contributed by atoms with Crippen molar-refractivity contribution in [2.45, 2.75) is 33.6 Å². The van der Waals surface area contributed by atoms with Crippen LogP contribution in [0, 0.1) is 13.8 Å². The van der Waals surface area contributed by atoms with Crippen molar-refractivity contribution < 1.29 is 28.3 Å². The van der Waals surface area contributed by atoms with Crippen molar-refractivity contribution in [3.8, 4) is 11.3 Å². The van der Waals surface area contributed by atoms with E-state index in [1.165, 1.54) is 0 Å². The second kappa shape index (κ2) is 9.88. The predicted octanol–water partition coefficient (Wildman–Crippen LogP) is 3.82. The third kappa shape index (κ3) is 5.28. The number of carbonyl (C=O) groups is 3. The first-order valence-corrected chi connectivity index (χ1v) is 9.96. The topological polar surface area (TPSA) is 111 Å². The molecule has 0 aliphatic heterocycles. The number of nitrogens with one attached hydrogen (secondary N) is 1. The summed E-state index contributed by atoms with van der Waals surface area (Å²) in [6.07, 6.45) is 1.89. The number of carbonyl (C=O) groups excluding carboxylic acids is 3. The number of hydrogen-bond acceptors (Lipinski definition) is 7. The van der Waals surface area contributed by atoms with E-state index < -0.39 is 24.3 Å². The first kappa shape index (κ1) is 22.0. The number of aromatic nitrogens is 2. The smallest absolute Gasteiger partial charge is 0.340 e. The summed E-state index contributed by atoms with van der Waals surface area (Å²) in [4.78, 5) is 43.6. The molecule has 1 N–H and O–H groups in total. The largest absolute Gasteiger partial charge is 0.462 e. The predicted molar refractivity (Wildman–Crippen MR) is 112 cm³/mol. The molecule has 2 heterocycles. The number of rotatable bonds is 9. The Kier molecular flexibility index (Phi) is 7.02. The van der Waals surface area contributed by atoms with E-state index in [4.69, 9.17) is 13.9 Å². The minimum absolute atomic E-state index is 0.0266. The highest BCUT2D eigenvalue weighted by Crippen LogP contribution is 2.21. The number of ether oxygens (including phenoxy) is 2. The lowest BCUT2D eigenvalue weighted by molar-refractivity contribution is -0.142. The highest BCUT2D eigenvalue weighted by molar-refractivity contribution is 6.02. The molecular weight excluding hydrogens is 400 g/mol. The summed E-state index contributed by atoms with van der Waals surface area (Å²) in [6.45, 7) is 4.85. The lowest BCUT2D eigenvalue weighted by Gasteiger charge is -2.04. The van der Waals surface area contributed by atoms with Crippen LogP contribution in [-0.4, -0.2) is 40.9 Å². The van der Waals surface area contributed by atoms with Gasteiger partial charge in [0.25, 0.3) is 0 Å².